The second kappa shape index (κ2) is 15.6. The zero-order valence-electron chi connectivity index (χ0n) is 32.5. The van der Waals surface area contributed by atoms with Crippen molar-refractivity contribution in [3.05, 3.63) is 0 Å². The molecule has 0 aromatic heterocycles. The highest BCUT2D eigenvalue weighted by molar-refractivity contribution is 5.75. The minimum absolute atomic E-state index is 0.0520. The van der Waals surface area contributed by atoms with Gasteiger partial charge < -0.3 is 89.7 Å². The van der Waals surface area contributed by atoms with Crippen LogP contribution in [-0.2, 0) is 33.2 Å². The number of aliphatic carboxylic acids is 1. The molecule has 19 nitrogen and oxygen atoms in total. The monoisotopic (exact) mass is 822 g/mol. The van der Waals surface area contributed by atoms with Crippen molar-refractivity contribution in [1.82, 2.24) is 0 Å². The van der Waals surface area contributed by atoms with Crippen LogP contribution in [0.4, 0.5) is 0 Å². The summed E-state index contributed by atoms with van der Waals surface area (Å²) in [6, 6.07) is 0. The number of carboxylic acid groups (broad SMARTS) is 1. The molecular weight excluding hydrogens is 760 g/mol. The van der Waals surface area contributed by atoms with Crippen LogP contribution in [0.3, 0.4) is 0 Å². The molecule has 3 saturated heterocycles. The Hall–Kier alpha value is -1.21. The number of ether oxygens (including phenoxy) is 6. The number of carboxylic acids is 1. The van der Waals surface area contributed by atoms with E-state index in [1.165, 1.54) is 0 Å². The van der Waals surface area contributed by atoms with Gasteiger partial charge in [0, 0.05) is 0 Å². The van der Waals surface area contributed by atoms with Crippen LogP contribution in [0.1, 0.15) is 78.6 Å². The normalized spacial score (nSPS) is 56.5. The Morgan fingerprint density at radius 2 is 1.12 bits per heavy atom. The minimum atomic E-state index is -1.95. The molecule has 328 valence electrons. The quantitative estimate of drug-likeness (QED) is 0.0967. The average molecular weight is 823 g/mol. The maximum absolute atomic E-state index is 12.7. The van der Waals surface area contributed by atoms with E-state index in [0.29, 0.717) is 38.5 Å². The van der Waals surface area contributed by atoms with Crippen molar-refractivity contribution in [2.24, 2.45) is 28.1 Å². The van der Waals surface area contributed by atoms with Crippen LogP contribution in [-0.4, -0.2) is 190 Å². The van der Waals surface area contributed by atoms with Crippen LogP contribution < -0.4 is 0 Å². The average Bonchev–Trinajstić information content (AvgIpc) is 3.32. The first-order valence-corrected chi connectivity index (χ1v) is 20.2. The second-order valence-electron chi connectivity index (χ2n) is 18.7. The van der Waals surface area contributed by atoms with Crippen LogP contribution in [0, 0.1) is 28.1 Å². The zero-order valence-corrected chi connectivity index (χ0v) is 32.5. The summed E-state index contributed by atoms with van der Waals surface area (Å²) >= 11 is 0. The number of fused-ring (bicyclic) bond motifs is 3. The molecule has 0 aromatic rings. The third kappa shape index (κ3) is 6.90. The molecule has 2 bridgehead atoms. The molecule has 19 heteroatoms. The zero-order chi connectivity index (χ0) is 41.6. The lowest BCUT2D eigenvalue weighted by Gasteiger charge is -2.64. The Morgan fingerprint density at radius 1 is 0.614 bits per heavy atom. The van der Waals surface area contributed by atoms with E-state index in [-0.39, 0.29) is 23.7 Å². The molecule has 3 aliphatic heterocycles. The summed E-state index contributed by atoms with van der Waals surface area (Å²) in [5.41, 5.74) is -4.54. The molecule has 22 atom stereocenters. The first-order valence-electron chi connectivity index (χ1n) is 20.2. The summed E-state index contributed by atoms with van der Waals surface area (Å²) in [6.07, 6.45) is -21.1. The lowest BCUT2D eigenvalue weighted by Crippen LogP contribution is -2.68. The predicted molar refractivity (Wildman–Crippen MR) is 188 cm³/mol. The van der Waals surface area contributed by atoms with Gasteiger partial charge in [-0.15, -0.1) is 0 Å². The fraction of sp³-hybridized carbons (Fsp3) is 0.974. The van der Waals surface area contributed by atoms with E-state index in [0.717, 1.165) is 12.8 Å². The maximum Gasteiger partial charge on any atom is 0.309 e. The Bertz CT molecular complexity index is 1450. The molecule has 0 aromatic carbocycles. The van der Waals surface area contributed by atoms with E-state index >= 15 is 0 Å². The topological polar surface area (TPSA) is 315 Å². The van der Waals surface area contributed by atoms with E-state index in [9.17, 15) is 66.1 Å². The van der Waals surface area contributed by atoms with Gasteiger partial charge in [0.05, 0.1) is 30.8 Å². The molecule has 4 saturated carbocycles. The summed E-state index contributed by atoms with van der Waals surface area (Å²) in [7, 11) is 0. The van der Waals surface area contributed by atoms with E-state index in [1.54, 1.807) is 6.92 Å². The van der Waals surface area contributed by atoms with Crippen LogP contribution >= 0.6 is 0 Å². The number of hydrogen-bond acceptors (Lipinski definition) is 18. The highest BCUT2D eigenvalue weighted by atomic mass is 16.8. The van der Waals surface area contributed by atoms with Crippen molar-refractivity contribution in [3.63, 3.8) is 0 Å². The third-order valence-corrected chi connectivity index (χ3v) is 15.5. The Morgan fingerprint density at radius 3 is 1.67 bits per heavy atom. The fourth-order valence-electron chi connectivity index (χ4n) is 12.6. The maximum atomic E-state index is 12.7. The van der Waals surface area contributed by atoms with Gasteiger partial charge in [-0.05, 0) is 87.9 Å². The van der Waals surface area contributed by atoms with E-state index in [2.05, 4.69) is 6.92 Å². The highest BCUT2D eigenvalue weighted by Gasteiger charge is 2.73. The van der Waals surface area contributed by atoms with E-state index in [4.69, 9.17) is 28.4 Å². The second-order valence-corrected chi connectivity index (χ2v) is 18.7. The molecular formula is C38H62O19. The standard InChI is InChI=1S/C38H62O19/c1-34-7-4-8-35(2,33(49)50)19(34)5-9-37-14-36(3,51)38(15-37,10-6-20(34)37)57-32-29(56-31-27(48)25(46)22(43)17(12-40)53-31)28(23(44)18(13-41)54-32)55-30-26(47)24(45)21(42)16(11-39)52-30/h16-32,39-48,51H,4-15H2,1-3H3,(H,49,50)/t16?,17?,18?,19-,20-,21?,22?,23?,24?,25?,26?,27?,28?,29?,30?,31?,32?,34+,35+,36?,37+,38-/m0/s1. The highest BCUT2D eigenvalue weighted by Crippen LogP contribution is 2.74. The molecule has 1 spiro atoms. The summed E-state index contributed by atoms with van der Waals surface area (Å²) in [4.78, 5) is 12.7. The van der Waals surface area contributed by atoms with Crippen molar-refractivity contribution >= 4 is 5.97 Å². The van der Waals surface area contributed by atoms with Crippen molar-refractivity contribution in [2.45, 2.75) is 182 Å². The first kappa shape index (κ1) is 43.9. The molecule has 57 heavy (non-hydrogen) atoms. The van der Waals surface area contributed by atoms with Crippen molar-refractivity contribution in [3.8, 4) is 0 Å². The Labute approximate surface area is 330 Å². The number of aliphatic hydroxyl groups excluding tert-OH is 10. The summed E-state index contributed by atoms with van der Waals surface area (Å²) < 4.78 is 36.5. The van der Waals surface area contributed by atoms with Crippen molar-refractivity contribution in [1.29, 1.82) is 0 Å². The smallest absolute Gasteiger partial charge is 0.309 e. The predicted octanol–water partition coefficient (Wildman–Crippen LogP) is -3.18. The molecule has 4 aliphatic carbocycles. The number of aliphatic hydroxyl groups is 11. The van der Waals surface area contributed by atoms with Gasteiger partial charge >= 0.3 is 5.97 Å². The van der Waals surface area contributed by atoms with Gasteiger partial charge in [-0.25, -0.2) is 0 Å². The molecule has 7 fully saturated rings. The lowest BCUT2D eigenvalue weighted by atomic mass is 9.41. The summed E-state index contributed by atoms with van der Waals surface area (Å²) in [5.74, 6) is -0.825. The van der Waals surface area contributed by atoms with E-state index in [1.807, 2.05) is 6.92 Å². The van der Waals surface area contributed by atoms with Gasteiger partial charge in [0.15, 0.2) is 18.9 Å². The minimum Gasteiger partial charge on any atom is -0.481 e. The van der Waals surface area contributed by atoms with Crippen LogP contribution in [0.25, 0.3) is 0 Å². The summed E-state index contributed by atoms with van der Waals surface area (Å²) in [5, 5.41) is 129. The molecule has 12 N–H and O–H groups in total. The van der Waals surface area contributed by atoms with Gasteiger partial charge in [0.25, 0.3) is 0 Å². The van der Waals surface area contributed by atoms with Gasteiger partial charge in [-0.2, -0.15) is 0 Å². The Balaban J connectivity index is 1.23. The number of hydrogen-bond donors (Lipinski definition) is 12. The van der Waals surface area contributed by atoms with Crippen LogP contribution in [0.5, 0.6) is 0 Å². The SMILES string of the molecule is CC1(O)C[C@@]23CC[C@H]4[C@@](C)(CCC[C@@]4(C)C(=O)O)[C@@H]2CC[C@]1(OC1OC(CO)C(O)C(OC2OC(CO)C(O)C(O)C2O)C1OC1OC(CO)C(O)C(O)C1O)C3. The van der Waals surface area contributed by atoms with E-state index < -0.39 is 140 Å². The lowest BCUT2D eigenvalue weighted by molar-refractivity contribution is -0.406. The molecule has 7 aliphatic rings. The molecule has 0 amide bonds. The van der Waals surface area contributed by atoms with Gasteiger partial charge in [0.2, 0.25) is 0 Å². The van der Waals surface area contributed by atoms with Crippen LogP contribution in [0.2, 0.25) is 0 Å². The molecule has 3 heterocycles. The molecule has 0 radical (unpaired) electrons. The third-order valence-electron chi connectivity index (χ3n) is 15.5. The van der Waals surface area contributed by atoms with Crippen LogP contribution in [0.15, 0.2) is 0 Å². The number of rotatable bonds is 10. The fourth-order valence-corrected chi connectivity index (χ4v) is 12.6. The Kier molecular flexibility index (Phi) is 12.0. The molecule has 16 unspecified atom stereocenters. The van der Waals surface area contributed by atoms with Gasteiger partial charge in [0.1, 0.15) is 78.8 Å². The van der Waals surface area contributed by atoms with Crippen molar-refractivity contribution in [2.75, 3.05) is 19.8 Å². The first-order chi connectivity index (χ1) is 26.7. The van der Waals surface area contributed by atoms with Crippen molar-refractivity contribution < 1.29 is 94.5 Å². The van der Waals surface area contributed by atoms with Gasteiger partial charge in [-0.3, -0.25) is 4.79 Å². The molecule has 7 rings (SSSR count). The summed E-state index contributed by atoms with van der Waals surface area (Å²) in [6.45, 7) is 3.30. The van der Waals surface area contributed by atoms with Gasteiger partial charge in [-0.1, -0.05) is 13.3 Å². The largest absolute Gasteiger partial charge is 0.481 e. The number of carbonyl (C=O) groups is 1.